The van der Waals surface area contributed by atoms with E-state index in [1.807, 2.05) is 0 Å². The molecule has 0 aromatic carbocycles. The van der Waals surface area contributed by atoms with E-state index >= 15 is 0 Å². The molecule has 0 radical (unpaired) electrons. The van der Waals surface area contributed by atoms with E-state index in [1.54, 1.807) is 0 Å². The average Bonchev–Trinajstić information content (AvgIpc) is 2.65. The summed E-state index contributed by atoms with van der Waals surface area (Å²) in [5.74, 6) is 2.21. The Labute approximate surface area is 88.1 Å². The van der Waals surface area contributed by atoms with Gasteiger partial charge in [-0.3, -0.25) is 0 Å². The van der Waals surface area contributed by atoms with Crippen molar-refractivity contribution >= 4 is 0 Å². The normalized spacial score (nSPS) is 35.4. The largest absolute Gasteiger partial charge is 0.317 e. The van der Waals surface area contributed by atoms with Crippen LogP contribution >= 0.6 is 0 Å². The maximum atomic E-state index is 3.22. The monoisotopic (exact) mass is 196 g/mol. The topological polar surface area (TPSA) is 15.3 Å². The first-order chi connectivity index (χ1) is 6.77. The van der Waals surface area contributed by atoms with Crippen LogP contribution in [0.2, 0.25) is 0 Å². The van der Waals surface area contributed by atoms with Gasteiger partial charge in [-0.15, -0.1) is 0 Å². The fourth-order valence-corrected chi connectivity index (χ4v) is 2.48. The molecule has 2 saturated heterocycles. The molecule has 2 atom stereocenters. The second kappa shape index (κ2) is 4.63. The summed E-state index contributed by atoms with van der Waals surface area (Å²) in [5.41, 5.74) is 0. The van der Waals surface area contributed by atoms with Gasteiger partial charge in [0.15, 0.2) is 0 Å². The van der Waals surface area contributed by atoms with Crippen LogP contribution in [0.4, 0.5) is 0 Å². The van der Waals surface area contributed by atoms with Gasteiger partial charge in [-0.1, -0.05) is 0 Å². The number of likely N-dealkylation sites (tertiary alicyclic amines) is 1. The Bertz CT molecular complexity index is 158. The van der Waals surface area contributed by atoms with E-state index in [4.69, 9.17) is 0 Å². The quantitative estimate of drug-likeness (QED) is 0.687. The van der Waals surface area contributed by atoms with Crippen LogP contribution in [-0.4, -0.2) is 37.1 Å². The Hall–Kier alpha value is -0.0800. The van der Waals surface area contributed by atoms with Gasteiger partial charge in [0.25, 0.3) is 0 Å². The molecule has 1 N–H and O–H groups in total. The molecule has 2 heterocycles. The minimum absolute atomic E-state index is 0.790. The fourth-order valence-electron chi connectivity index (χ4n) is 2.48. The predicted octanol–water partition coefficient (Wildman–Crippen LogP) is 1.72. The molecule has 0 aromatic rings. The molecule has 3 aliphatic rings. The second-order valence-corrected chi connectivity index (χ2v) is 5.26. The summed E-state index contributed by atoms with van der Waals surface area (Å²) in [6, 6.07) is 0.790. The third-order valence-electron chi connectivity index (χ3n) is 3.69. The molecule has 3 rings (SSSR count). The third kappa shape index (κ3) is 2.71. The maximum Gasteiger partial charge on any atom is 0.00388 e. The van der Waals surface area contributed by atoms with Crippen molar-refractivity contribution in [3.63, 3.8) is 0 Å². The summed E-state index contributed by atoms with van der Waals surface area (Å²) in [5, 5.41) is 3.22. The van der Waals surface area contributed by atoms with E-state index in [0.717, 1.165) is 17.9 Å². The smallest absolute Gasteiger partial charge is 0.00388 e. The van der Waals surface area contributed by atoms with E-state index < -0.39 is 0 Å². The molecule has 2 heteroatoms. The van der Waals surface area contributed by atoms with Crippen molar-refractivity contribution in [3.8, 4) is 0 Å². The van der Waals surface area contributed by atoms with Crippen molar-refractivity contribution < 1.29 is 0 Å². The van der Waals surface area contributed by atoms with Crippen molar-refractivity contribution in [1.29, 1.82) is 0 Å². The van der Waals surface area contributed by atoms with Crippen LogP contribution in [0.25, 0.3) is 0 Å². The zero-order valence-electron chi connectivity index (χ0n) is 9.63. The van der Waals surface area contributed by atoms with Crippen molar-refractivity contribution in [2.24, 2.45) is 11.8 Å². The van der Waals surface area contributed by atoms with Crippen LogP contribution in [-0.2, 0) is 0 Å². The number of hydrogen-bond donors (Lipinski definition) is 1. The summed E-state index contributed by atoms with van der Waals surface area (Å²) < 4.78 is 0. The molecule has 0 spiro atoms. The highest BCUT2D eigenvalue weighted by Crippen LogP contribution is 2.45. The summed E-state index contributed by atoms with van der Waals surface area (Å²) in [6.07, 6.45) is 4.31. The van der Waals surface area contributed by atoms with Crippen LogP contribution < -0.4 is 5.32 Å². The van der Waals surface area contributed by atoms with Crippen molar-refractivity contribution in [1.82, 2.24) is 10.2 Å². The first-order valence-corrected chi connectivity index (χ1v) is 6.22. The molecule has 0 bridgehead atoms. The minimum atomic E-state index is 0.790. The molecule has 2 aliphatic heterocycles. The van der Waals surface area contributed by atoms with Gasteiger partial charge in [-0.2, -0.15) is 0 Å². The summed E-state index contributed by atoms with van der Waals surface area (Å²) in [7, 11) is 0. The van der Waals surface area contributed by atoms with Gasteiger partial charge in [-0.05, 0) is 58.0 Å². The summed E-state index contributed by atoms with van der Waals surface area (Å²) in [4.78, 5) is 2.60. The molecule has 0 aromatic heterocycles. The Morgan fingerprint density at radius 1 is 1.07 bits per heavy atom. The standard InChI is InChI=1S/C8H15N.C4H9N/c1-6(2)9-4-7-3-8(7)5-9;1-2-4-5-3-1/h6-8H,3-5H2,1-2H3;5H,1-4H2. The fraction of sp³-hybridized carbons (Fsp3) is 1.00. The zero-order valence-corrected chi connectivity index (χ0v) is 9.63. The zero-order chi connectivity index (χ0) is 9.97. The van der Waals surface area contributed by atoms with Crippen molar-refractivity contribution in [2.75, 3.05) is 26.2 Å². The van der Waals surface area contributed by atoms with Crippen LogP contribution in [0.1, 0.15) is 33.1 Å². The van der Waals surface area contributed by atoms with E-state index in [2.05, 4.69) is 24.1 Å². The van der Waals surface area contributed by atoms with Crippen LogP contribution in [0, 0.1) is 11.8 Å². The molecule has 14 heavy (non-hydrogen) atoms. The van der Waals surface area contributed by atoms with Crippen LogP contribution in [0.3, 0.4) is 0 Å². The van der Waals surface area contributed by atoms with Crippen LogP contribution in [0.15, 0.2) is 0 Å². The minimum Gasteiger partial charge on any atom is -0.317 e. The predicted molar refractivity (Wildman–Crippen MR) is 60.4 cm³/mol. The number of fused-ring (bicyclic) bond motifs is 1. The van der Waals surface area contributed by atoms with Crippen molar-refractivity contribution in [2.45, 2.75) is 39.2 Å². The first kappa shape index (κ1) is 10.4. The highest BCUT2D eigenvalue weighted by Gasteiger charge is 2.45. The highest BCUT2D eigenvalue weighted by atomic mass is 15.2. The van der Waals surface area contributed by atoms with E-state index in [1.165, 1.54) is 45.4 Å². The first-order valence-electron chi connectivity index (χ1n) is 6.22. The SMILES string of the molecule is C1CCNC1.CC(C)N1CC2CC2C1. The lowest BCUT2D eigenvalue weighted by Crippen LogP contribution is -2.29. The lowest BCUT2D eigenvalue weighted by Gasteiger charge is -2.21. The van der Waals surface area contributed by atoms with Gasteiger partial charge in [-0.25, -0.2) is 0 Å². The molecule has 3 fully saturated rings. The molecule has 1 saturated carbocycles. The van der Waals surface area contributed by atoms with E-state index in [9.17, 15) is 0 Å². The molecule has 0 amide bonds. The Kier molecular flexibility index (Phi) is 3.45. The average molecular weight is 196 g/mol. The van der Waals surface area contributed by atoms with Gasteiger partial charge in [0, 0.05) is 19.1 Å². The van der Waals surface area contributed by atoms with Gasteiger partial charge in [0.1, 0.15) is 0 Å². The molecule has 2 unspecified atom stereocenters. The van der Waals surface area contributed by atoms with Gasteiger partial charge >= 0.3 is 0 Å². The summed E-state index contributed by atoms with van der Waals surface area (Å²) >= 11 is 0. The van der Waals surface area contributed by atoms with Crippen molar-refractivity contribution in [3.05, 3.63) is 0 Å². The summed E-state index contributed by atoms with van der Waals surface area (Å²) in [6.45, 7) is 9.88. The lowest BCUT2D eigenvalue weighted by molar-refractivity contribution is 0.248. The molecular weight excluding hydrogens is 172 g/mol. The van der Waals surface area contributed by atoms with Gasteiger partial charge in [0.2, 0.25) is 0 Å². The Balaban J connectivity index is 0.000000128. The van der Waals surface area contributed by atoms with Gasteiger partial charge in [0.05, 0.1) is 0 Å². The molecular formula is C12H24N2. The number of hydrogen-bond acceptors (Lipinski definition) is 2. The van der Waals surface area contributed by atoms with E-state index in [0.29, 0.717) is 0 Å². The highest BCUT2D eigenvalue weighted by molar-refractivity contribution is 4.97. The molecule has 1 aliphatic carbocycles. The van der Waals surface area contributed by atoms with E-state index in [-0.39, 0.29) is 0 Å². The number of rotatable bonds is 1. The second-order valence-electron chi connectivity index (χ2n) is 5.26. The maximum absolute atomic E-state index is 3.22. The molecule has 2 nitrogen and oxygen atoms in total. The third-order valence-corrected chi connectivity index (χ3v) is 3.69. The van der Waals surface area contributed by atoms with Crippen LogP contribution in [0.5, 0.6) is 0 Å². The number of piperidine rings is 1. The Morgan fingerprint density at radius 2 is 1.64 bits per heavy atom. The lowest BCUT2D eigenvalue weighted by atomic mass is 10.3. The number of nitrogens with one attached hydrogen (secondary N) is 1. The number of nitrogens with zero attached hydrogens (tertiary/aromatic N) is 1. The Morgan fingerprint density at radius 3 is 1.93 bits per heavy atom. The molecule has 82 valence electrons. The van der Waals surface area contributed by atoms with Gasteiger partial charge < -0.3 is 10.2 Å².